The predicted molar refractivity (Wildman–Crippen MR) is 85.5 cm³/mol. The number of carbonyl (C=O) groups is 1. The number of para-hydroxylation sites is 1. The van der Waals surface area contributed by atoms with Crippen molar-refractivity contribution in [2.75, 3.05) is 12.4 Å². The number of methoxy groups -OCH3 is 1. The number of benzene rings is 2. The van der Waals surface area contributed by atoms with Crippen LogP contribution in [-0.4, -0.2) is 18.0 Å². The van der Waals surface area contributed by atoms with Gasteiger partial charge in [0.15, 0.2) is 5.13 Å². The zero-order valence-corrected chi connectivity index (χ0v) is 13.0. The van der Waals surface area contributed by atoms with Gasteiger partial charge in [-0.1, -0.05) is 29.0 Å². The number of anilines is 1. The standard InChI is InChI=1S/C15H10ClFN2O2S/c1-21-11-3-2-4-12-13(11)18-15(22-12)19-14(20)9-7-8(16)5-6-10(9)17/h2-7H,1H3,(H,18,19,20). The molecular weight excluding hydrogens is 327 g/mol. The monoisotopic (exact) mass is 336 g/mol. The maximum atomic E-state index is 13.7. The maximum Gasteiger partial charge on any atom is 0.260 e. The van der Waals surface area contributed by atoms with Gasteiger partial charge in [0.25, 0.3) is 5.91 Å². The molecule has 1 aromatic heterocycles. The van der Waals surface area contributed by atoms with E-state index in [0.717, 1.165) is 10.8 Å². The third kappa shape index (κ3) is 2.75. The maximum absolute atomic E-state index is 13.7. The quantitative estimate of drug-likeness (QED) is 0.773. The Hall–Kier alpha value is -2.18. The average Bonchev–Trinajstić information content (AvgIpc) is 2.91. The van der Waals surface area contributed by atoms with Gasteiger partial charge in [-0.3, -0.25) is 10.1 Å². The second kappa shape index (κ2) is 5.90. The van der Waals surface area contributed by atoms with E-state index in [2.05, 4.69) is 10.3 Å². The average molecular weight is 337 g/mol. The Labute approximate surface area is 134 Å². The minimum atomic E-state index is -0.638. The molecule has 0 spiro atoms. The van der Waals surface area contributed by atoms with Crippen molar-refractivity contribution < 1.29 is 13.9 Å². The molecule has 112 valence electrons. The third-order valence-corrected chi connectivity index (χ3v) is 4.17. The van der Waals surface area contributed by atoms with Gasteiger partial charge in [0.2, 0.25) is 0 Å². The van der Waals surface area contributed by atoms with Crippen LogP contribution in [0.1, 0.15) is 10.4 Å². The first-order valence-electron chi connectivity index (χ1n) is 6.28. The second-order valence-electron chi connectivity index (χ2n) is 4.40. The van der Waals surface area contributed by atoms with E-state index in [1.54, 1.807) is 13.2 Å². The summed E-state index contributed by atoms with van der Waals surface area (Å²) in [4.78, 5) is 16.5. The first kappa shape index (κ1) is 14.7. The van der Waals surface area contributed by atoms with E-state index >= 15 is 0 Å². The highest BCUT2D eigenvalue weighted by molar-refractivity contribution is 7.22. The van der Waals surface area contributed by atoms with Crippen LogP contribution in [0.3, 0.4) is 0 Å². The van der Waals surface area contributed by atoms with Crippen LogP contribution in [0.4, 0.5) is 9.52 Å². The fourth-order valence-electron chi connectivity index (χ4n) is 1.98. The predicted octanol–water partition coefficient (Wildman–Crippen LogP) is 4.35. The molecule has 1 N–H and O–H groups in total. The molecular formula is C15H10ClFN2O2S. The molecule has 0 saturated heterocycles. The molecule has 0 saturated carbocycles. The number of carbonyl (C=O) groups excluding carboxylic acids is 1. The fraction of sp³-hybridized carbons (Fsp3) is 0.0667. The van der Waals surface area contributed by atoms with Crippen molar-refractivity contribution in [2.45, 2.75) is 0 Å². The Kier molecular flexibility index (Phi) is 3.96. The van der Waals surface area contributed by atoms with E-state index in [0.29, 0.717) is 16.4 Å². The van der Waals surface area contributed by atoms with Crippen LogP contribution in [0.25, 0.3) is 10.2 Å². The Bertz CT molecular complexity index is 866. The first-order valence-corrected chi connectivity index (χ1v) is 7.48. The smallest absolute Gasteiger partial charge is 0.260 e. The van der Waals surface area contributed by atoms with Gasteiger partial charge < -0.3 is 4.74 Å². The first-order chi connectivity index (χ1) is 10.6. The molecule has 3 rings (SSSR count). The number of hydrogen-bond donors (Lipinski definition) is 1. The van der Waals surface area contributed by atoms with E-state index in [1.807, 2.05) is 12.1 Å². The lowest BCUT2D eigenvalue weighted by Gasteiger charge is -2.03. The molecule has 0 fully saturated rings. The fourth-order valence-corrected chi connectivity index (χ4v) is 3.03. The van der Waals surface area contributed by atoms with Crippen molar-refractivity contribution in [3.05, 3.63) is 52.8 Å². The highest BCUT2D eigenvalue weighted by atomic mass is 35.5. The zero-order valence-electron chi connectivity index (χ0n) is 11.4. The number of nitrogens with zero attached hydrogens (tertiary/aromatic N) is 1. The van der Waals surface area contributed by atoms with Crippen molar-refractivity contribution in [1.29, 1.82) is 0 Å². The Morgan fingerprint density at radius 3 is 2.95 bits per heavy atom. The van der Waals surface area contributed by atoms with E-state index in [1.165, 1.54) is 23.5 Å². The Morgan fingerprint density at radius 2 is 2.18 bits per heavy atom. The Balaban J connectivity index is 1.93. The summed E-state index contributed by atoms with van der Waals surface area (Å²) in [6.07, 6.45) is 0. The topological polar surface area (TPSA) is 51.2 Å². The number of hydrogen-bond acceptors (Lipinski definition) is 4. The number of nitrogens with one attached hydrogen (secondary N) is 1. The van der Waals surface area contributed by atoms with Crippen molar-refractivity contribution >= 4 is 44.2 Å². The van der Waals surface area contributed by atoms with Gasteiger partial charge in [0, 0.05) is 5.02 Å². The van der Waals surface area contributed by atoms with E-state index in [9.17, 15) is 9.18 Å². The van der Waals surface area contributed by atoms with Crippen molar-refractivity contribution in [3.8, 4) is 5.75 Å². The number of halogens is 2. The summed E-state index contributed by atoms with van der Waals surface area (Å²) in [7, 11) is 1.55. The van der Waals surface area contributed by atoms with Crippen LogP contribution < -0.4 is 10.1 Å². The van der Waals surface area contributed by atoms with Gasteiger partial charge in [-0.2, -0.15) is 0 Å². The molecule has 3 aromatic rings. The number of ether oxygens (including phenoxy) is 1. The summed E-state index contributed by atoms with van der Waals surface area (Å²) >= 11 is 7.07. The molecule has 7 heteroatoms. The largest absolute Gasteiger partial charge is 0.494 e. The van der Waals surface area contributed by atoms with Gasteiger partial charge in [0.05, 0.1) is 17.4 Å². The van der Waals surface area contributed by atoms with E-state index < -0.39 is 11.7 Å². The normalized spacial score (nSPS) is 10.7. The summed E-state index contributed by atoms with van der Waals surface area (Å²) in [6.45, 7) is 0. The van der Waals surface area contributed by atoms with Gasteiger partial charge in [-0.25, -0.2) is 9.37 Å². The minimum Gasteiger partial charge on any atom is -0.494 e. The third-order valence-electron chi connectivity index (χ3n) is 3.00. The highest BCUT2D eigenvalue weighted by Gasteiger charge is 2.15. The van der Waals surface area contributed by atoms with Crippen LogP contribution in [0.15, 0.2) is 36.4 Å². The molecule has 1 amide bonds. The van der Waals surface area contributed by atoms with Crippen molar-refractivity contribution in [1.82, 2.24) is 4.98 Å². The molecule has 0 atom stereocenters. The summed E-state index contributed by atoms with van der Waals surface area (Å²) in [5.41, 5.74) is 0.524. The van der Waals surface area contributed by atoms with Crippen LogP contribution in [0, 0.1) is 5.82 Å². The molecule has 0 radical (unpaired) electrons. The van der Waals surface area contributed by atoms with Crippen LogP contribution in [0.5, 0.6) is 5.75 Å². The minimum absolute atomic E-state index is 0.126. The lowest BCUT2D eigenvalue weighted by molar-refractivity contribution is 0.102. The summed E-state index contributed by atoms with van der Waals surface area (Å²) in [6, 6.07) is 9.30. The molecule has 0 aliphatic carbocycles. The zero-order chi connectivity index (χ0) is 15.7. The van der Waals surface area contributed by atoms with E-state index in [-0.39, 0.29) is 10.6 Å². The van der Waals surface area contributed by atoms with Crippen LogP contribution >= 0.6 is 22.9 Å². The molecule has 0 unspecified atom stereocenters. The lowest BCUT2D eigenvalue weighted by atomic mass is 10.2. The van der Waals surface area contributed by atoms with Gasteiger partial charge >= 0.3 is 0 Å². The highest BCUT2D eigenvalue weighted by Crippen LogP contribution is 2.32. The number of amides is 1. The molecule has 0 bridgehead atoms. The van der Waals surface area contributed by atoms with Crippen molar-refractivity contribution in [3.63, 3.8) is 0 Å². The Morgan fingerprint density at radius 1 is 1.36 bits per heavy atom. The SMILES string of the molecule is COc1cccc2sc(NC(=O)c3cc(Cl)ccc3F)nc12. The van der Waals surface area contributed by atoms with E-state index in [4.69, 9.17) is 16.3 Å². The number of thiazole rings is 1. The molecule has 2 aromatic carbocycles. The van der Waals surface area contributed by atoms with Gasteiger partial charge in [-0.15, -0.1) is 0 Å². The molecule has 22 heavy (non-hydrogen) atoms. The van der Waals surface area contributed by atoms with Crippen LogP contribution in [-0.2, 0) is 0 Å². The number of rotatable bonds is 3. The summed E-state index contributed by atoms with van der Waals surface area (Å²) < 4.78 is 19.8. The molecule has 0 aliphatic heterocycles. The van der Waals surface area contributed by atoms with Crippen molar-refractivity contribution in [2.24, 2.45) is 0 Å². The molecule has 0 aliphatic rings. The number of fused-ring (bicyclic) bond motifs is 1. The summed E-state index contributed by atoms with van der Waals surface area (Å²) in [5.74, 6) is -0.623. The summed E-state index contributed by atoms with van der Waals surface area (Å²) in [5, 5.41) is 3.24. The van der Waals surface area contributed by atoms with Gasteiger partial charge in [0.1, 0.15) is 17.1 Å². The lowest BCUT2D eigenvalue weighted by Crippen LogP contribution is -2.13. The van der Waals surface area contributed by atoms with Gasteiger partial charge in [-0.05, 0) is 30.3 Å². The number of aromatic nitrogens is 1. The van der Waals surface area contributed by atoms with Crippen LogP contribution in [0.2, 0.25) is 5.02 Å². The molecule has 1 heterocycles. The molecule has 4 nitrogen and oxygen atoms in total. The second-order valence-corrected chi connectivity index (χ2v) is 5.87.